The molecular formula is C15H14BrN. The number of nitrogens with zero attached hydrogens (tertiary/aromatic N) is 1. The fourth-order valence-corrected chi connectivity index (χ4v) is 2.03. The van der Waals surface area contributed by atoms with Crippen LogP contribution in [0, 0.1) is 0 Å². The largest absolute Gasteiger partial charge is 0.339 e. The minimum Gasteiger partial charge on any atom is -0.339 e. The van der Waals surface area contributed by atoms with Crippen molar-refractivity contribution in [1.29, 1.82) is 0 Å². The van der Waals surface area contributed by atoms with Crippen LogP contribution >= 0.6 is 15.9 Å². The molecule has 2 aromatic carbocycles. The molecule has 0 aromatic heterocycles. The Morgan fingerprint density at radius 2 is 1.47 bits per heavy atom. The summed E-state index contributed by atoms with van der Waals surface area (Å²) in [6.07, 6.45) is 2.10. The maximum absolute atomic E-state index is 3.60. The molecule has 0 atom stereocenters. The molecule has 0 aliphatic rings. The average Bonchev–Trinajstić information content (AvgIpc) is 2.40. The van der Waals surface area contributed by atoms with Gasteiger partial charge in [-0.05, 0) is 39.7 Å². The van der Waals surface area contributed by atoms with E-state index in [1.807, 2.05) is 43.4 Å². The first kappa shape index (κ1) is 11.9. The summed E-state index contributed by atoms with van der Waals surface area (Å²) in [4.78, 5) is 2.10. The zero-order valence-corrected chi connectivity index (χ0v) is 11.3. The summed E-state index contributed by atoms with van der Waals surface area (Å²) in [6.45, 7) is 0. The summed E-state index contributed by atoms with van der Waals surface area (Å²) in [5, 5.41) is 0. The predicted octanol–water partition coefficient (Wildman–Crippen LogP) is 4.52. The van der Waals surface area contributed by atoms with Crippen molar-refractivity contribution in [3.05, 3.63) is 70.8 Å². The second-order valence-electron chi connectivity index (χ2n) is 3.77. The van der Waals surface area contributed by atoms with Gasteiger partial charge in [0.1, 0.15) is 0 Å². The van der Waals surface area contributed by atoms with Crippen LogP contribution in [0.1, 0.15) is 5.56 Å². The highest BCUT2D eigenvalue weighted by Crippen LogP contribution is 2.22. The molecule has 0 N–H and O–H groups in total. The molecule has 0 radical (unpaired) electrons. The highest BCUT2D eigenvalue weighted by Gasteiger charge is 2.02. The van der Waals surface area contributed by atoms with Crippen molar-refractivity contribution in [2.24, 2.45) is 0 Å². The summed E-state index contributed by atoms with van der Waals surface area (Å²) in [5.74, 6) is 0. The quantitative estimate of drug-likeness (QED) is 0.751. The first-order valence-corrected chi connectivity index (χ1v) is 6.28. The Morgan fingerprint density at radius 1 is 0.941 bits per heavy atom. The summed E-state index contributed by atoms with van der Waals surface area (Å²) < 4.78 is 1.04. The topological polar surface area (TPSA) is 3.24 Å². The van der Waals surface area contributed by atoms with Gasteiger partial charge in [0.25, 0.3) is 0 Å². The number of rotatable bonds is 3. The molecule has 86 valence electrons. The van der Waals surface area contributed by atoms with E-state index in [2.05, 4.69) is 51.2 Å². The number of hydrogen-bond acceptors (Lipinski definition) is 1. The van der Waals surface area contributed by atoms with Crippen LogP contribution in [0.15, 0.2) is 65.3 Å². The first-order valence-electron chi connectivity index (χ1n) is 5.48. The summed E-state index contributed by atoms with van der Waals surface area (Å²) in [6, 6.07) is 20.5. The fraction of sp³-hybridized carbons (Fsp3) is 0.0667. The molecule has 0 bridgehead atoms. The molecule has 2 rings (SSSR count). The number of anilines is 1. The third-order valence-corrected chi connectivity index (χ3v) is 3.31. The lowest BCUT2D eigenvalue weighted by molar-refractivity contribution is 1.20. The third kappa shape index (κ3) is 3.21. The number of hydrogen-bond donors (Lipinski definition) is 0. The standard InChI is InChI=1S/C15H14BrN/c1-17(14-10-6-3-7-11-14)15(16)12-13-8-4-2-5-9-13/h2-12H,1H3/b15-12-. The van der Waals surface area contributed by atoms with E-state index in [1.54, 1.807) is 0 Å². The van der Waals surface area contributed by atoms with Crippen molar-refractivity contribution in [3.8, 4) is 0 Å². The lowest BCUT2D eigenvalue weighted by atomic mass is 10.2. The van der Waals surface area contributed by atoms with Gasteiger partial charge in [0.2, 0.25) is 0 Å². The van der Waals surface area contributed by atoms with Crippen LogP contribution in [-0.4, -0.2) is 7.05 Å². The third-order valence-electron chi connectivity index (χ3n) is 2.55. The molecule has 0 spiro atoms. The molecule has 1 nitrogen and oxygen atoms in total. The Morgan fingerprint density at radius 3 is 2.06 bits per heavy atom. The Bertz CT molecular complexity index is 491. The van der Waals surface area contributed by atoms with Gasteiger partial charge < -0.3 is 4.90 Å². The van der Waals surface area contributed by atoms with Crippen LogP contribution in [0.3, 0.4) is 0 Å². The summed E-state index contributed by atoms with van der Waals surface area (Å²) in [7, 11) is 2.04. The first-order chi connectivity index (χ1) is 8.27. The average molecular weight is 288 g/mol. The minimum absolute atomic E-state index is 1.04. The lowest BCUT2D eigenvalue weighted by Gasteiger charge is -2.18. The molecule has 0 aliphatic heterocycles. The molecular weight excluding hydrogens is 274 g/mol. The Kier molecular flexibility index (Phi) is 3.99. The van der Waals surface area contributed by atoms with Gasteiger partial charge in [-0.3, -0.25) is 0 Å². The smallest absolute Gasteiger partial charge is 0.0853 e. The molecule has 0 saturated carbocycles. The Balaban J connectivity index is 2.21. The fourth-order valence-electron chi connectivity index (χ4n) is 1.56. The zero-order chi connectivity index (χ0) is 12.1. The van der Waals surface area contributed by atoms with Gasteiger partial charge >= 0.3 is 0 Å². The van der Waals surface area contributed by atoms with E-state index in [4.69, 9.17) is 0 Å². The summed E-state index contributed by atoms with van der Waals surface area (Å²) >= 11 is 3.60. The van der Waals surface area contributed by atoms with Crippen LogP contribution < -0.4 is 4.90 Å². The number of benzene rings is 2. The molecule has 2 heteroatoms. The monoisotopic (exact) mass is 287 g/mol. The van der Waals surface area contributed by atoms with E-state index < -0.39 is 0 Å². The maximum Gasteiger partial charge on any atom is 0.0853 e. The summed E-state index contributed by atoms with van der Waals surface area (Å²) in [5.41, 5.74) is 2.34. The second kappa shape index (κ2) is 5.69. The van der Waals surface area contributed by atoms with Crippen LogP contribution in [0.2, 0.25) is 0 Å². The molecule has 2 aromatic rings. The lowest BCUT2D eigenvalue weighted by Crippen LogP contribution is -2.11. The van der Waals surface area contributed by atoms with E-state index in [1.165, 1.54) is 5.56 Å². The molecule has 0 fully saturated rings. The van der Waals surface area contributed by atoms with Gasteiger partial charge in [0.15, 0.2) is 0 Å². The molecule has 0 amide bonds. The van der Waals surface area contributed by atoms with Crippen molar-refractivity contribution in [3.63, 3.8) is 0 Å². The van der Waals surface area contributed by atoms with Crippen LogP contribution in [0.5, 0.6) is 0 Å². The minimum atomic E-state index is 1.04. The van der Waals surface area contributed by atoms with Gasteiger partial charge in [-0.2, -0.15) is 0 Å². The molecule has 17 heavy (non-hydrogen) atoms. The van der Waals surface area contributed by atoms with Crippen molar-refractivity contribution < 1.29 is 0 Å². The van der Waals surface area contributed by atoms with Crippen molar-refractivity contribution in [2.75, 3.05) is 11.9 Å². The Labute approximate surface area is 111 Å². The van der Waals surface area contributed by atoms with Crippen LogP contribution in [0.25, 0.3) is 6.08 Å². The van der Waals surface area contributed by atoms with Gasteiger partial charge in [-0.15, -0.1) is 0 Å². The Hall–Kier alpha value is -1.54. The number of para-hydroxylation sites is 1. The normalized spacial score (nSPS) is 11.3. The van der Waals surface area contributed by atoms with Gasteiger partial charge in [0, 0.05) is 12.7 Å². The highest BCUT2D eigenvalue weighted by atomic mass is 79.9. The van der Waals surface area contributed by atoms with Crippen molar-refractivity contribution in [1.82, 2.24) is 0 Å². The van der Waals surface area contributed by atoms with Crippen LogP contribution in [-0.2, 0) is 0 Å². The maximum atomic E-state index is 3.60. The molecule has 0 saturated heterocycles. The number of halogens is 1. The van der Waals surface area contributed by atoms with E-state index >= 15 is 0 Å². The van der Waals surface area contributed by atoms with E-state index in [-0.39, 0.29) is 0 Å². The molecule has 0 heterocycles. The van der Waals surface area contributed by atoms with Gasteiger partial charge in [-0.1, -0.05) is 48.5 Å². The second-order valence-corrected chi connectivity index (χ2v) is 4.58. The van der Waals surface area contributed by atoms with Gasteiger partial charge in [-0.25, -0.2) is 0 Å². The molecule has 0 unspecified atom stereocenters. The van der Waals surface area contributed by atoms with E-state index in [0.717, 1.165) is 10.3 Å². The SMILES string of the molecule is CN(/C(Br)=C\c1ccccc1)c1ccccc1. The molecule has 0 aliphatic carbocycles. The highest BCUT2D eigenvalue weighted by molar-refractivity contribution is 9.11. The van der Waals surface area contributed by atoms with Crippen LogP contribution in [0.4, 0.5) is 5.69 Å². The van der Waals surface area contributed by atoms with E-state index in [9.17, 15) is 0 Å². The van der Waals surface area contributed by atoms with Crippen molar-refractivity contribution >= 4 is 27.7 Å². The predicted molar refractivity (Wildman–Crippen MR) is 78.2 cm³/mol. The van der Waals surface area contributed by atoms with Crippen molar-refractivity contribution in [2.45, 2.75) is 0 Å². The van der Waals surface area contributed by atoms with Gasteiger partial charge in [0.05, 0.1) is 4.61 Å². The zero-order valence-electron chi connectivity index (χ0n) is 9.68. The van der Waals surface area contributed by atoms with E-state index in [0.29, 0.717) is 0 Å².